The van der Waals surface area contributed by atoms with Crippen molar-refractivity contribution in [3.8, 4) is 11.5 Å². The number of hydrogen-bond donors (Lipinski definition) is 1. The number of carbonyl (C=O) groups excluding carboxylic acids is 1. The Labute approximate surface area is 149 Å². The third-order valence-corrected chi connectivity index (χ3v) is 7.15. The first-order chi connectivity index (χ1) is 11.9. The number of amides is 1. The predicted molar refractivity (Wildman–Crippen MR) is 91.8 cm³/mol. The largest absolute Gasteiger partial charge is 0.454 e. The molecule has 0 radical (unpaired) electrons. The third kappa shape index (κ3) is 2.63. The minimum Gasteiger partial charge on any atom is -0.454 e. The zero-order valence-electron chi connectivity index (χ0n) is 13.0. The summed E-state index contributed by atoms with van der Waals surface area (Å²) in [5, 5.41) is 3.12. The van der Waals surface area contributed by atoms with Crippen LogP contribution in [0.2, 0.25) is 5.02 Å². The Morgan fingerprint density at radius 1 is 1.04 bits per heavy atom. The van der Waals surface area contributed by atoms with Crippen molar-refractivity contribution in [3.63, 3.8) is 0 Å². The fourth-order valence-corrected chi connectivity index (χ4v) is 4.80. The number of sulfone groups is 1. The normalized spacial score (nSPS) is 17.2. The Kier molecular flexibility index (Phi) is 3.66. The van der Waals surface area contributed by atoms with Gasteiger partial charge in [-0.15, -0.1) is 0 Å². The molecule has 1 fully saturated rings. The molecule has 0 aromatic heterocycles. The van der Waals surface area contributed by atoms with Crippen LogP contribution in [-0.2, 0) is 14.6 Å². The van der Waals surface area contributed by atoms with Crippen LogP contribution in [0.1, 0.15) is 12.8 Å². The summed E-state index contributed by atoms with van der Waals surface area (Å²) in [5.41, 5.74) is 0.465. The fraction of sp³-hybridized carbons (Fsp3) is 0.235. The molecular formula is C17H14ClNO5S. The Morgan fingerprint density at radius 3 is 2.40 bits per heavy atom. The standard InChI is InChI=1S/C17H14ClNO5S/c18-11-1-4-13(5-2-11)25(21,22)17(7-8-17)16(20)19-12-3-6-14-15(9-12)24-10-23-14/h1-6,9H,7-8,10H2,(H,19,20). The number of fused-ring (bicyclic) bond motifs is 1. The summed E-state index contributed by atoms with van der Waals surface area (Å²) in [6.45, 7) is 0.127. The van der Waals surface area contributed by atoms with Crippen LogP contribution in [0, 0.1) is 0 Å². The van der Waals surface area contributed by atoms with Gasteiger partial charge in [-0.1, -0.05) is 11.6 Å². The maximum atomic E-state index is 12.9. The molecule has 0 unspecified atom stereocenters. The molecule has 130 valence electrons. The third-order valence-electron chi connectivity index (χ3n) is 4.39. The van der Waals surface area contributed by atoms with Gasteiger partial charge in [-0.25, -0.2) is 8.42 Å². The van der Waals surface area contributed by atoms with E-state index in [0.717, 1.165) is 0 Å². The van der Waals surface area contributed by atoms with Crippen molar-refractivity contribution in [1.82, 2.24) is 0 Å². The smallest absolute Gasteiger partial charge is 0.246 e. The van der Waals surface area contributed by atoms with E-state index >= 15 is 0 Å². The minimum atomic E-state index is -3.80. The van der Waals surface area contributed by atoms with Gasteiger partial charge in [0.2, 0.25) is 12.7 Å². The van der Waals surface area contributed by atoms with Gasteiger partial charge in [-0.2, -0.15) is 0 Å². The van der Waals surface area contributed by atoms with E-state index in [2.05, 4.69) is 5.32 Å². The molecule has 1 heterocycles. The molecule has 1 saturated carbocycles. The maximum Gasteiger partial charge on any atom is 0.246 e. The first-order valence-corrected chi connectivity index (χ1v) is 9.50. The van der Waals surface area contributed by atoms with Gasteiger partial charge in [0.15, 0.2) is 26.1 Å². The van der Waals surface area contributed by atoms with E-state index in [1.807, 2.05) is 0 Å². The molecule has 8 heteroatoms. The van der Waals surface area contributed by atoms with E-state index < -0.39 is 20.5 Å². The van der Waals surface area contributed by atoms with E-state index in [1.54, 1.807) is 18.2 Å². The predicted octanol–water partition coefficient (Wildman–Crippen LogP) is 3.01. The van der Waals surface area contributed by atoms with Gasteiger partial charge in [0.1, 0.15) is 0 Å². The van der Waals surface area contributed by atoms with Crippen molar-refractivity contribution in [3.05, 3.63) is 47.5 Å². The van der Waals surface area contributed by atoms with Gasteiger partial charge >= 0.3 is 0 Å². The molecule has 1 aliphatic heterocycles. The summed E-state index contributed by atoms with van der Waals surface area (Å²) >= 11 is 5.81. The fourth-order valence-electron chi connectivity index (χ4n) is 2.79. The number of rotatable bonds is 4. The summed E-state index contributed by atoms with van der Waals surface area (Å²) in [5.74, 6) is 0.567. The highest BCUT2D eigenvalue weighted by Gasteiger charge is 2.61. The van der Waals surface area contributed by atoms with Crippen molar-refractivity contribution < 1.29 is 22.7 Å². The van der Waals surface area contributed by atoms with Gasteiger partial charge in [0, 0.05) is 16.8 Å². The van der Waals surface area contributed by atoms with Crippen LogP contribution < -0.4 is 14.8 Å². The molecule has 0 bridgehead atoms. The average molecular weight is 380 g/mol. The SMILES string of the molecule is O=C(Nc1ccc2c(c1)OCO2)C1(S(=O)(=O)c2ccc(Cl)cc2)CC1. The molecule has 1 amide bonds. The molecule has 1 N–H and O–H groups in total. The van der Waals surface area contributed by atoms with Crippen molar-refractivity contribution in [1.29, 1.82) is 0 Å². The van der Waals surface area contributed by atoms with Crippen LogP contribution in [0.4, 0.5) is 5.69 Å². The van der Waals surface area contributed by atoms with E-state index in [-0.39, 0.29) is 24.5 Å². The second-order valence-electron chi connectivity index (χ2n) is 5.97. The lowest BCUT2D eigenvalue weighted by Crippen LogP contribution is -2.37. The van der Waals surface area contributed by atoms with Gasteiger partial charge < -0.3 is 14.8 Å². The summed E-state index contributed by atoms with van der Waals surface area (Å²) in [6, 6.07) is 10.8. The Bertz CT molecular complexity index is 952. The quantitative estimate of drug-likeness (QED) is 0.883. The maximum absolute atomic E-state index is 12.9. The summed E-state index contributed by atoms with van der Waals surface area (Å²) in [7, 11) is -3.80. The molecule has 0 spiro atoms. The first kappa shape index (κ1) is 16.2. The van der Waals surface area contributed by atoms with Crippen molar-refractivity contribution in [2.45, 2.75) is 22.5 Å². The number of carbonyl (C=O) groups is 1. The Balaban J connectivity index is 1.60. The molecule has 4 rings (SSSR count). The highest BCUT2D eigenvalue weighted by molar-refractivity contribution is 7.94. The number of nitrogens with one attached hydrogen (secondary N) is 1. The summed E-state index contributed by atoms with van der Waals surface area (Å²) in [4.78, 5) is 12.8. The number of halogens is 1. The average Bonchev–Trinajstić information content (AvgIpc) is 3.29. The zero-order chi connectivity index (χ0) is 17.7. The molecule has 0 atom stereocenters. The van der Waals surface area contributed by atoms with Crippen molar-refractivity contribution in [2.75, 3.05) is 12.1 Å². The second kappa shape index (κ2) is 5.64. The van der Waals surface area contributed by atoms with Crippen molar-refractivity contribution >= 4 is 33.0 Å². The van der Waals surface area contributed by atoms with E-state index in [0.29, 0.717) is 22.2 Å². The van der Waals surface area contributed by atoms with Crippen LogP contribution in [-0.4, -0.2) is 25.9 Å². The van der Waals surface area contributed by atoms with Crippen LogP contribution in [0.15, 0.2) is 47.4 Å². The number of ether oxygens (including phenoxy) is 2. The molecule has 2 aliphatic rings. The lowest BCUT2D eigenvalue weighted by molar-refractivity contribution is -0.116. The molecule has 0 saturated heterocycles. The van der Waals surface area contributed by atoms with E-state index in [1.165, 1.54) is 24.3 Å². The monoisotopic (exact) mass is 379 g/mol. The number of hydrogen-bond acceptors (Lipinski definition) is 5. The van der Waals surface area contributed by atoms with Crippen molar-refractivity contribution in [2.24, 2.45) is 0 Å². The first-order valence-electron chi connectivity index (χ1n) is 7.64. The van der Waals surface area contributed by atoms with Gasteiger partial charge in [0.05, 0.1) is 4.90 Å². The Hall–Kier alpha value is -2.25. The highest BCUT2D eigenvalue weighted by atomic mass is 35.5. The minimum absolute atomic E-state index is 0.0928. The number of benzene rings is 2. The zero-order valence-corrected chi connectivity index (χ0v) is 14.6. The highest BCUT2D eigenvalue weighted by Crippen LogP contribution is 2.48. The van der Waals surface area contributed by atoms with Crippen LogP contribution in [0.5, 0.6) is 11.5 Å². The molecular weight excluding hydrogens is 366 g/mol. The lowest BCUT2D eigenvalue weighted by atomic mass is 10.2. The van der Waals surface area contributed by atoms with E-state index in [4.69, 9.17) is 21.1 Å². The van der Waals surface area contributed by atoms with E-state index in [9.17, 15) is 13.2 Å². The summed E-state index contributed by atoms with van der Waals surface area (Å²) < 4.78 is 34.8. The second-order valence-corrected chi connectivity index (χ2v) is 8.67. The van der Waals surface area contributed by atoms with Crippen LogP contribution in [0.25, 0.3) is 0 Å². The van der Waals surface area contributed by atoms with Gasteiger partial charge in [0.25, 0.3) is 0 Å². The molecule has 2 aromatic rings. The lowest BCUT2D eigenvalue weighted by Gasteiger charge is -2.16. The number of anilines is 1. The topological polar surface area (TPSA) is 81.7 Å². The Morgan fingerprint density at radius 2 is 1.72 bits per heavy atom. The van der Waals surface area contributed by atoms with Crippen LogP contribution in [0.3, 0.4) is 0 Å². The van der Waals surface area contributed by atoms with Gasteiger partial charge in [-0.05, 0) is 49.2 Å². The molecule has 1 aliphatic carbocycles. The molecule has 6 nitrogen and oxygen atoms in total. The van der Waals surface area contributed by atoms with Crippen LogP contribution >= 0.6 is 11.6 Å². The summed E-state index contributed by atoms with van der Waals surface area (Å²) in [6.07, 6.45) is 0.572. The molecule has 25 heavy (non-hydrogen) atoms. The molecule has 2 aromatic carbocycles. The van der Waals surface area contributed by atoms with Gasteiger partial charge in [-0.3, -0.25) is 4.79 Å².